The van der Waals surface area contributed by atoms with Gasteiger partial charge in [-0.25, -0.2) is 13.6 Å². The summed E-state index contributed by atoms with van der Waals surface area (Å²) in [5.74, 6) is 0.611. The largest absolute Gasteiger partial charge is 0.454 e. The number of hydrogen-bond acceptors (Lipinski definition) is 5. The van der Waals surface area contributed by atoms with Crippen LogP contribution in [0.15, 0.2) is 71.6 Å². The Balaban J connectivity index is 1.57. The lowest BCUT2D eigenvalue weighted by molar-refractivity contribution is -0.117. The molecule has 1 aliphatic heterocycles. The quantitative estimate of drug-likeness (QED) is 0.604. The van der Waals surface area contributed by atoms with Crippen LogP contribution in [-0.4, -0.2) is 20.9 Å². The molecule has 0 spiro atoms. The zero-order valence-electron chi connectivity index (χ0n) is 16.7. The Morgan fingerprint density at radius 1 is 1.06 bits per heavy atom. The first-order chi connectivity index (χ1) is 15.3. The average molecular weight is 468 g/mol. The van der Waals surface area contributed by atoms with E-state index >= 15 is 0 Å². The molecular formula is C23H18ClN3O4S. The van der Waals surface area contributed by atoms with Crippen molar-refractivity contribution in [2.24, 2.45) is 5.14 Å². The Hall–Kier alpha value is -3.38. The number of sulfonamides is 1. The molecule has 1 atom stereocenters. The van der Waals surface area contributed by atoms with E-state index in [1.165, 1.54) is 12.1 Å². The minimum absolute atomic E-state index is 0.0124. The Labute approximate surface area is 190 Å². The standard InChI is InChI=1S/C23H18ClN3O4S/c24-20-10-5-15(11-22(20)31-21-4-2-1-3-16(21)13-25)17-12-23(28)27(14-17)18-6-8-19(9-7-18)32(26,29)30/h1-11,17H,12,14H2,(H2,26,29,30)/t17-/m0/s1. The van der Waals surface area contributed by atoms with Gasteiger partial charge in [0.15, 0.2) is 0 Å². The first-order valence-corrected chi connectivity index (χ1v) is 11.6. The van der Waals surface area contributed by atoms with Crippen LogP contribution in [0.3, 0.4) is 0 Å². The predicted octanol–water partition coefficient (Wildman–Crippen LogP) is 4.17. The van der Waals surface area contributed by atoms with Crippen molar-refractivity contribution in [3.8, 4) is 17.6 Å². The van der Waals surface area contributed by atoms with Gasteiger partial charge in [-0.2, -0.15) is 5.26 Å². The molecule has 1 saturated heterocycles. The zero-order valence-corrected chi connectivity index (χ0v) is 18.3. The summed E-state index contributed by atoms with van der Waals surface area (Å²) in [4.78, 5) is 14.3. The molecule has 0 unspecified atom stereocenters. The summed E-state index contributed by atoms with van der Waals surface area (Å²) < 4.78 is 28.8. The van der Waals surface area contributed by atoms with Crippen molar-refractivity contribution in [3.63, 3.8) is 0 Å². The maximum atomic E-state index is 12.7. The van der Waals surface area contributed by atoms with E-state index < -0.39 is 10.0 Å². The molecule has 32 heavy (non-hydrogen) atoms. The van der Waals surface area contributed by atoms with Crippen LogP contribution in [0.2, 0.25) is 5.02 Å². The maximum absolute atomic E-state index is 12.7. The van der Waals surface area contributed by atoms with E-state index in [0.29, 0.717) is 34.3 Å². The van der Waals surface area contributed by atoms with Crippen molar-refractivity contribution in [2.75, 3.05) is 11.4 Å². The summed E-state index contributed by atoms with van der Waals surface area (Å²) in [6, 6.07) is 20.2. The van der Waals surface area contributed by atoms with Gasteiger partial charge >= 0.3 is 0 Å². The Morgan fingerprint density at radius 3 is 2.47 bits per heavy atom. The molecule has 0 saturated carbocycles. The molecule has 0 radical (unpaired) electrons. The molecule has 1 heterocycles. The van der Waals surface area contributed by atoms with Crippen LogP contribution in [0, 0.1) is 11.3 Å². The minimum atomic E-state index is -3.80. The highest BCUT2D eigenvalue weighted by atomic mass is 35.5. The van der Waals surface area contributed by atoms with Gasteiger partial charge in [-0.05, 0) is 54.1 Å². The number of nitrogens with two attached hydrogens (primary N) is 1. The van der Waals surface area contributed by atoms with E-state index in [-0.39, 0.29) is 23.1 Å². The number of ether oxygens (including phenoxy) is 1. The third-order valence-electron chi connectivity index (χ3n) is 5.26. The van der Waals surface area contributed by atoms with Gasteiger partial charge < -0.3 is 9.64 Å². The lowest BCUT2D eigenvalue weighted by Crippen LogP contribution is -2.24. The van der Waals surface area contributed by atoms with E-state index in [4.69, 9.17) is 21.5 Å². The smallest absolute Gasteiger partial charge is 0.238 e. The van der Waals surface area contributed by atoms with Gasteiger partial charge in [0, 0.05) is 24.6 Å². The van der Waals surface area contributed by atoms with Gasteiger partial charge in [0.1, 0.15) is 17.6 Å². The topological polar surface area (TPSA) is 113 Å². The number of nitriles is 1. The number of para-hydroxylation sites is 1. The Kier molecular flexibility index (Phi) is 5.89. The SMILES string of the molecule is N#Cc1ccccc1Oc1cc([C@H]2CC(=O)N(c3ccc(S(N)(=O)=O)cc3)C2)ccc1Cl. The van der Waals surface area contributed by atoms with Crippen LogP contribution in [0.1, 0.15) is 23.5 Å². The normalized spacial score (nSPS) is 16.1. The first kappa shape index (κ1) is 21.8. The molecule has 3 aromatic rings. The van der Waals surface area contributed by atoms with Crippen LogP contribution >= 0.6 is 11.6 Å². The van der Waals surface area contributed by atoms with E-state index in [2.05, 4.69) is 6.07 Å². The fourth-order valence-electron chi connectivity index (χ4n) is 3.61. The lowest BCUT2D eigenvalue weighted by Gasteiger charge is -2.18. The average Bonchev–Trinajstić information content (AvgIpc) is 3.16. The van der Waals surface area contributed by atoms with E-state index in [9.17, 15) is 18.5 Å². The van der Waals surface area contributed by atoms with Crippen LogP contribution in [0.25, 0.3) is 0 Å². The van der Waals surface area contributed by atoms with Gasteiger partial charge in [-0.3, -0.25) is 4.79 Å². The van der Waals surface area contributed by atoms with Crippen molar-refractivity contribution in [1.82, 2.24) is 0 Å². The number of nitrogens with zero attached hydrogens (tertiary/aromatic N) is 2. The summed E-state index contributed by atoms with van der Waals surface area (Å²) in [6.45, 7) is 0.420. The van der Waals surface area contributed by atoms with Crippen molar-refractivity contribution >= 4 is 33.2 Å². The summed E-state index contributed by atoms with van der Waals surface area (Å²) in [5, 5.41) is 14.8. The number of benzene rings is 3. The van der Waals surface area contributed by atoms with Crippen molar-refractivity contribution < 1.29 is 17.9 Å². The molecule has 0 aliphatic carbocycles. The summed E-state index contributed by atoms with van der Waals surface area (Å²) in [6.07, 6.45) is 0.285. The van der Waals surface area contributed by atoms with Crippen molar-refractivity contribution in [3.05, 3.63) is 82.9 Å². The van der Waals surface area contributed by atoms with Gasteiger partial charge in [0.2, 0.25) is 15.9 Å². The summed E-state index contributed by atoms with van der Waals surface area (Å²) in [7, 11) is -3.80. The molecule has 162 valence electrons. The number of anilines is 1. The second-order valence-corrected chi connectivity index (χ2v) is 9.31. The molecular weight excluding hydrogens is 450 g/mol. The van der Waals surface area contributed by atoms with E-state index in [0.717, 1.165) is 5.56 Å². The third kappa shape index (κ3) is 4.46. The molecule has 1 amide bonds. The van der Waals surface area contributed by atoms with Crippen molar-refractivity contribution in [2.45, 2.75) is 17.2 Å². The number of carbonyl (C=O) groups excluding carboxylic acids is 1. The lowest BCUT2D eigenvalue weighted by atomic mass is 9.98. The number of halogens is 1. The van der Waals surface area contributed by atoms with Gasteiger partial charge in [0.25, 0.3) is 0 Å². The zero-order chi connectivity index (χ0) is 22.9. The summed E-state index contributed by atoms with van der Waals surface area (Å²) >= 11 is 6.31. The molecule has 0 bridgehead atoms. The molecule has 2 N–H and O–H groups in total. The second kappa shape index (κ2) is 8.63. The molecule has 4 rings (SSSR count). The third-order valence-corrected chi connectivity index (χ3v) is 6.50. The molecule has 3 aromatic carbocycles. The number of rotatable bonds is 5. The second-order valence-electron chi connectivity index (χ2n) is 7.34. The minimum Gasteiger partial charge on any atom is -0.454 e. The van der Waals surface area contributed by atoms with E-state index in [1.807, 2.05) is 6.07 Å². The van der Waals surface area contributed by atoms with Crippen LogP contribution in [0.5, 0.6) is 11.5 Å². The molecule has 1 fully saturated rings. The molecule has 1 aliphatic rings. The fraction of sp³-hybridized carbons (Fsp3) is 0.130. The van der Waals surface area contributed by atoms with Crippen LogP contribution in [0.4, 0.5) is 5.69 Å². The molecule has 9 heteroatoms. The summed E-state index contributed by atoms with van der Waals surface area (Å²) in [5.41, 5.74) is 1.85. The predicted molar refractivity (Wildman–Crippen MR) is 120 cm³/mol. The maximum Gasteiger partial charge on any atom is 0.238 e. The highest BCUT2D eigenvalue weighted by Gasteiger charge is 2.32. The highest BCUT2D eigenvalue weighted by molar-refractivity contribution is 7.89. The molecule has 0 aromatic heterocycles. The Bertz CT molecular complexity index is 1330. The number of carbonyl (C=O) groups is 1. The number of primary sulfonamides is 1. The van der Waals surface area contributed by atoms with Gasteiger partial charge in [-0.15, -0.1) is 0 Å². The number of amides is 1. The van der Waals surface area contributed by atoms with Gasteiger partial charge in [0.05, 0.1) is 15.5 Å². The Morgan fingerprint density at radius 2 is 1.78 bits per heavy atom. The monoisotopic (exact) mass is 467 g/mol. The fourth-order valence-corrected chi connectivity index (χ4v) is 4.29. The number of hydrogen-bond donors (Lipinski definition) is 1. The first-order valence-electron chi connectivity index (χ1n) is 9.66. The van der Waals surface area contributed by atoms with E-state index in [1.54, 1.807) is 53.4 Å². The van der Waals surface area contributed by atoms with Crippen LogP contribution in [-0.2, 0) is 14.8 Å². The molecule has 7 nitrogen and oxygen atoms in total. The highest BCUT2D eigenvalue weighted by Crippen LogP contribution is 2.37. The van der Waals surface area contributed by atoms with Gasteiger partial charge in [-0.1, -0.05) is 29.8 Å². The van der Waals surface area contributed by atoms with Crippen molar-refractivity contribution in [1.29, 1.82) is 5.26 Å². The van der Waals surface area contributed by atoms with Crippen LogP contribution < -0.4 is 14.8 Å².